The van der Waals surface area contributed by atoms with Crippen LogP contribution in [-0.2, 0) is 20.9 Å². The molecule has 1 fully saturated rings. The predicted octanol–water partition coefficient (Wildman–Crippen LogP) is 2.99. The van der Waals surface area contributed by atoms with Gasteiger partial charge in [0.1, 0.15) is 29.5 Å². The number of hydrogen-bond donors (Lipinski definition) is 0. The SMILES string of the molecule is COC(=O)[C@@H]1CCC(=O)N1c1nc(-c2cc(-c3ccon3)n(Cc3ccccc3F)n2)ncc1F. The molecule has 0 N–H and O–H groups in total. The van der Waals surface area contributed by atoms with Crippen LogP contribution in [0.3, 0.4) is 0 Å². The third kappa shape index (κ3) is 4.14. The van der Waals surface area contributed by atoms with E-state index >= 15 is 0 Å². The molecule has 5 rings (SSSR count). The van der Waals surface area contributed by atoms with Gasteiger partial charge < -0.3 is 9.26 Å². The van der Waals surface area contributed by atoms with E-state index < -0.39 is 29.6 Å². The zero-order valence-corrected chi connectivity index (χ0v) is 18.4. The number of halogens is 2. The molecule has 0 unspecified atom stereocenters. The number of anilines is 1. The first kappa shape index (κ1) is 22.3. The Morgan fingerprint density at radius 1 is 1.20 bits per heavy atom. The lowest BCUT2D eigenvalue weighted by Gasteiger charge is -2.22. The van der Waals surface area contributed by atoms with E-state index in [1.807, 2.05) is 0 Å². The Morgan fingerprint density at radius 2 is 2.03 bits per heavy atom. The minimum atomic E-state index is -0.992. The summed E-state index contributed by atoms with van der Waals surface area (Å²) in [6.45, 7) is 0.0674. The van der Waals surface area contributed by atoms with Gasteiger partial charge in [0.2, 0.25) is 5.91 Å². The highest BCUT2D eigenvalue weighted by Crippen LogP contribution is 2.30. The van der Waals surface area contributed by atoms with Gasteiger partial charge in [0.05, 0.1) is 25.5 Å². The summed E-state index contributed by atoms with van der Waals surface area (Å²) < 4.78 is 40.2. The molecule has 0 aliphatic carbocycles. The molecular formula is C23H18F2N6O4. The van der Waals surface area contributed by atoms with Crippen LogP contribution in [0.2, 0.25) is 0 Å². The number of aromatic nitrogens is 5. The first-order chi connectivity index (χ1) is 17.0. The number of methoxy groups -OCH3 is 1. The largest absolute Gasteiger partial charge is 0.467 e. The zero-order chi connectivity index (χ0) is 24.5. The van der Waals surface area contributed by atoms with Gasteiger partial charge in [0.15, 0.2) is 17.5 Å². The van der Waals surface area contributed by atoms with Crippen molar-refractivity contribution in [3.63, 3.8) is 0 Å². The standard InChI is InChI=1S/C23H18F2N6O4/c1-34-23(33)18-6-7-20(32)31(18)22-15(25)11-26-21(27-22)17-10-19(16-8-9-35-29-16)30(28-17)12-13-4-2-3-5-14(13)24/h2-5,8-11,18H,6-7,12H2,1H3/t18-/m0/s1. The number of nitrogens with zero attached hydrogens (tertiary/aromatic N) is 6. The molecule has 0 saturated carbocycles. The topological polar surface area (TPSA) is 116 Å². The molecule has 1 aromatic carbocycles. The van der Waals surface area contributed by atoms with Gasteiger partial charge in [-0.1, -0.05) is 23.4 Å². The quantitative estimate of drug-likeness (QED) is 0.387. The number of benzene rings is 1. The highest BCUT2D eigenvalue weighted by molar-refractivity contribution is 6.02. The lowest BCUT2D eigenvalue weighted by molar-refractivity contribution is -0.142. The fourth-order valence-electron chi connectivity index (χ4n) is 3.94. The van der Waals surface area contributed by atoms with Crippen LogP contribution < -0.4 is 4.90 Å². The molecule has 0 radical (unpaired) electrons. The molecule has 4 heterocycles. The maximum Gasteiger partial charge on any atom is 0.329 e. The summed E-state index contributed by atoms with van der Waals surface area (Å²) in [5.41, 5.74) is 1.53. The van der Waals surface area contributed by atoms with Crippen molar-refractivity contribution in [1.82, 2.24) is 24.9 Å². The molecule has 1 aliphatic rings. The van der Waals surface area contributed by atoms with Crippen LogP contribution in [0.5, 0.6) is 0 Å². The maximum absolute atomic E-state index is 14.7. The number of ether oxygens (including phenoxy) is 1. The van der Waals surface area contributed by atoms with E-state index in [0.717, 1.165) is 11.1 Å². The minimum Gasteiger partial charge on any atom is -0.467 e. The second-order valence-electron chi connectivity index (χ2n) is 7.76. The Morgan fingerprint density at radius 3 is 2.77 bits per heavy atom. The summed E-state index contributed by atoms with van der Waals surface area (Å²) >= 11 is 0. The van der Waals surface area contributed by atoms with Crippen LogP contribution in [0.4, 0.5) is 14.6 Å². The van der Waals surface area contributed by atoms with E-state index in [1.54, 1.807) is 30.3 Å². The van der Waals surface area contributed by atoms with Crippen molar-refractivity contribution in [3.05, 3.63) is 66.1 Å². The third-order valence-electron chi connectivity index (χ3n) is 5.63. The van der Waals surface area contributed by atoms with Gasteiger partial charge in [0.25, 0.3) is 0 Å². The van der Waals surface area contributed by atoms with Crippen molar-refractivity contribution in [3.8, 4) is 22.9 Å². The first-order valence-electron chi connectivity index (χ1n) is 10.6. The maximum atomic E-state index is 14.7. The Balaban J connectivity index is 1.57. The van der Waals surface area contributed by atoms with Crippen molar-refractivity contribution >= 4 is 17.7 Å². The lowest BCUT2D eigenvalue weighted by Crippen LogP contribution is -2.40. The molecular weight excluding hydrogens is 462 g/mol. The van der Waals surface area contributed by atoms with Gasteiger partial charge >= 0.3 is 5.97 Å². The molecule has 178 valence electrons. The Hall–Kier alpha value is -4.48. The van der Waals surface area contributed by atoms with E-state index in [1.165, 1.54) is 24.1 Å². The molecule has 1 aliphatic heterocycles. The monoisotopic (exact) mass is 480 g/mol. The van der Waals surface area contributed by atoms with Gasteiger partial charge in [-0.15, -0.1) is 0 Å². The second-order valence-corrected chi connectivity index (χ2v) is 7.76. The number of amides is 1. The average Bonchev–Trinajstić information content (AvgIpc) is 3.61. The molecule has 1 atom stereocenters. The molecule has 12 heteroatoms. The summed E-state index contributed by atoms with van der Waals surface area (Å²) in [7, 11) is 1.19. The lowest BCUT2D eigenvalue weighted by atomic mass is 10.2. The Bertz CT molecular complexity index is 1410. The van der Waals surface area contributed by atoms with Crippen LogP contribution in [0, 0.1) is 11.6 Å². The van der Waals surface area contributed by atoms with E-state index in [4.69, 9.17) is 9.26 Å². The van der Waals surface area contributed by atoms with E-state index in [-0.39, 0.29) is 36.7 Å². The average molecular weight is 480 g/mol. The predicted molar refractivity (Wildman–Crippen MR) is 117 cm³/mol. The molecule has 4 aromatic rings. The van der Waals surface area contributed by atoms with E-state index in [0.29, 0.717) is 17.0 Å². The van der Waals surface area contributed by atoms with Gasteiger partial charge in [-0.2, -0.15) is 5.10 Å². The zero-order valence-electron chi connectivity index (χ0n) is 18.4. The fraction of sp³-hybridized carbons (Fsp3) is 0.217. The molecule has 35 heavy (non-hydrogen) atoms. The van der Waals surface area contributed by atoms with E-state index in [2.05, 4.69) is 20.2 Å². The highest BCUT2D eigenvalue weighted by Gasteiger charge is 2.40. The summed E-state index contributed by atoms with van der Waals surface area (Å²) in [5.74, 6) is -2.76. The van der Waals surface area contributed by atoms with Crippen molar-refractivity contribution in [2.75, 3.05) is 12.0 Å². The Kier molecular flexibility index (Phi) is 5.77. The summed E-state index contributed by atoms with van der Waals surface area (Å²) in [4.78, 5) is 33.8. The van der Waals surface area contributed by atoms with Gasteiger partial charge in [0, 0.05) is 18.1 Å². The van der Waals surface area contributed by atoms with Gasteiger partial charge in [-0.3, -0.25) is 14.4 Å². The number of esters is 1. The molecule has 10 nitrogen and oxygen atoms in total. The van der Waals surface area contributed by atoms with Crippen LogP contribution in [0.1, 0.15) is 18.4 Å². The molecule has 0 bridgehead atoms. The third-order valence-corrected chi connectivity index (χ3v) is 5.63. The summed E-state index contributed by atoms with van der Waals surface area (Å²) in [5, 5.41) is 8.41. The summed E-state index contributed by atoms with van der Waals surface area (Å²) in [6.07, 6.45) is 2.52. The van der Waals surface area contributed by atoms with Gasteiger partial charge in [-0.25, -0.2) is 23.5 Å². The van der Waals surface area contributed by atoms with Crippen molar-refractivity contribution in [2.24, 2.45) is 0 Å². The van der Waals surface area contributed by atoms with Crippen LogP contribution in [0.15, 0.2) is 53.4 Å². The highest BCUT2D eigenvalue weighted by atomic mass is 19.1. The smallest absolute Gasteiger partial charge is 0.329 e. The molecule has 1 saturated heterocycles. The van der Waals surface area contributed by atoms with E-state index in [9.17, 15) is 18.4 Å². The number of rotatable bonds is 6. The van der Waals surface area contributed by atoms with Crippen LogP contribution in [0.25, 0.3) is 22.9 Å². The van der Waals surface area contributed by atoms with Crippen molar-refractivity contribution in [1.29, 1.82) is 0 Å². The van der Waals surface area contributed by atoms with Gasteiger partial charge in [-0.05, 0) is 18.6 Å². The van der Waals surface area contributed by atoms with Crippen molar-refractivity contribution < 1.29 is 27.6 Å². The normalized spacial score (nSPS) is 15.6. The summed E-state index contributed by atoms with van der Waals surface area (Å²) in [6, 6.07) is 8.48. The fourth-order valence-corrected chi connectivity index (χ4v) is 3.94. The first-order valence-corrected chi connectivity index (χ1v) is 10.6. The van der Waals surface area contributed by atoms with Crippen LogP contribution >= 0.6 is 0 Å². The number of hydrogen-bond acceptors (Lipinski definition) is 8. The molecule has 1 amide bonds. The molecule has 3 aromatic heterocycles. The number of carbonyl (C=O) groups excluding carboxylic acids is 2. The number of carbonyl (C=O) groups is 2. The van der Waals surface area contributed by atoms with Crippen LogP contribution in [-0.4, -0.2) is 49.9 Å². The minimum absolute atomic E-state index is 0.00162. The second kappa shape index (κ2) is 9.05. The van der Waals surface area contributed by atoms with Crippen molar-refractivity contribution in [2.45, 2.75) is 25.4 Å². The Labute approximate surface area is 197 Å². The molecule has 0 spiro atoms.